The van der Waals surface area contributed by atoms with Crippen molar-refractivity contribution in [3.63, 3.8) is 0 Å². The van der Waals surface area contributed by atoms with Gasteiger partial charge in [-0.15, -0.1) is 0 Å². The highest BCUT2D eigenvalue weighted by Gasteiger charge is 2.36. The molecule has 0 bridgehead atoms. The lowest BCUT2D eigenvalue weighted by molar-refractivity contribution is -0.139. The second-order valence-corrected chi connectivity index (χ2v) is 7.97. The standard InChI is InChI=1S/C25H25F3N6O/c1-3-34(4-2)15-16-6-5-7-19(14-16)31-24(35)30-18-10-8-17(9-11-18)20-12-13-29-23-21(20)22(32-33-23)25(26,27)28/h5-14H,3-4,15H2,1-2H3,(H,29,32,33)(H2,30,31,35). The lowest BCUT2D eigenvalue weighted by atomic mass is 10.0. The molecule has 2 amide bonds. The Labute approximate surface area is 200 Å². The monoisotopic (exact) mass is 482 g/mol. The first kappa shape index (κ1) is 24.2. The van der Waals surface area contributed by atoms with E-state index in [2.05, 4.69) is 39.5 Å². The summed E-state index contributed by atoms with van der Waals surface area (Å²) in [5.74, 6) is 0. The van der Waals surface area contributed by atoms with Crippen LogP contribution in [-0.2, 0) is 12.7 Å². The highest BCUT2D eigenvalue weighted by atomic mass is 19.4. The molecule has 2 aromatic heterocycles. The maximum atomic E-state index is 13.4. The first-order valence-electron chi connectivity index (χ1n) is 11.2. The van der Waals surface area contributed by atoms with Crippen LogP contribution in [-0.4, -0.2) is 39.2 Å². The molecule has 0 atom stereocenters. The van der Waals surface area contributed by atoms with Crippen molar-refractivity contribution in [3.8, 4) is 11.1 Å². The maximum Gasteiger partial charge on any atom is 0.433 e. The molecule has 0 saturated carbocycles. The van der Waals surface area contributed by atoms with Gasteiger partial charge in [0, 0.05) is 24.1 Å². The third kappa shape index (κ3) is 5.60. The number of rotatable bonds is 7. The number of carbonyl (C=O) groups is 1. The minimum absolute atomic E-state index is 0.0142. The van der Waals surface area contributed by atoms with Crippen LogP contribution in [0.2, 0.25) is 0 Å². The van der Waals surface area contributed by atoms with Gasteiger partial charge in [0.1, 0.15) is 5.69 Å². The molecule has 7 nitrogen and oxygen atoms in total. The number of benzene rings is 2. The van der Waals surface area contributed by atoms with Gasteiger partial charge in [0.25, 0.3) is 0 Å². The molecule has 0 aliphatic heterocycles. The normalized spacial score (nSPS) is 11.7. The molecule has 0 spiro atoms. The number of fused-ring (bicyclic) bond motifs is 1. The minimum atomic E-state index is -4.59. The summed E-state index contributed by atoms with van der Waals surface area (Å²) in [6.07, 6.45) is -3.18. The van der Waals surface area contributed by atoms with Gasteiger partial charge in [-0.2, -0.15) is 18.3 Å². The summed E-state index contributed by atoms with van der Waals surface area (Å²) in [6.45, 7) is 6.88. The number of aromatic amines is 1. The molecule has 0 aliphatic rings. The summed E-state index contributed by atoms with van der Waals surface area (Å²) in [4.78, 5) is 18.7. The van der Waals surface area contributed by atoms with Crippen LogP contribution in [0, 0.1) is 0 Å². The molecule has 0 aliphatic carbocycles. The molecule has 4 aromatic rings. The topological polar surface area (TPSA) is 85.9 Å². The van der Waals surface area contributed by atoms with E-state index in [1.807, 2.05) is 29.4 Å². The number of hydrogen-bond acceptors (Lipinski definition) is 4. The SMILES string of the molecule is CCN(CC)Cc1cccc(NC(=O)Nc2ccc(-c3ccnc4n[nH]c(C(F)(F)F)c34)cc2)c1. The molecule has 10 heteroatoms. The van der Waals surface area contributed by atoms with Gasteiger partial charge in [0.2, 0.25) is 0 Å². The predicted octanol–water partition coefficient (Wildman–Crippen LogP) is 6.13. The summed E-state index contributed by atoms with van der Waals surface area (Å²) in [6, 6.07) is 15.3. The van der Waals surface area contributed by atoms with Crippen molar-refractivity contribution in [1.82, 2.24) is 20.1 Å². The second kappa shape index (κ2) is 10.1. The van der Waals surface area contributed by atoms with E-state index in [0.717, 1.165) is 25.2 Å². The van der Waals surface area contributed by atoms with Gasteiger partial charge in [-0.1, -0.05) is 38.1 Å². The summed E-state index contributed by atoms with van der Waals surface area (Å²) in [7, 11) is 0. The largest absolute Gasteiger partial charge is 0.433 e. The fourth-order valence-corrected chi connectivity index (χ4v) is 3.87. The molecule has 2 heterocycles. The van der Waals surface area contributed by atoms with Crippen LogP contribution in [0.1, 0.15) is 25.1 Å². The molecule has 0 unspecified atom stereocenters. The first-order chi connectivity index (χ1) is 16.8. The Morgan fingerprint density at radius 1 is 1.00 bits per heavy atom. The number of nitrogens with zero attached hydrogens (tertiary/aromatic N) is 3. The Morgan fingerprint density at radius 3 is 2.40 bits per heavy atom. The average molecular weight is 483 g/mol. The van der Waals surface area contributed by atoms with Gasteiger partial charge in [-0.3, -0.25) is 10.00 Å². The van der Waals surface area contributed by atoms with E-state index in [-0.39, 0.29) is 11.0 Å². The van der Waals surface area contributed by atoms with E-state index in [1.165, 1.54) is 12.3 Å². The van der Waals surface area contributed by atoms with Crippen molar-refractivity contribution in [1.29, 1.82) is 0 Å². The quantitative estimate of drug-likeness (QED) is 0.296. The summed E-state index contributed by atoms with van der Waals surface area (Å²) in [5.41, 5.74) is 2.19. The van der Waals surface area contributed by atoms with Crippen molar-refractivity contribution in [2.24, 2.45) is 0 Å². The Hall–Kier alpha value is -3.92. The van der Waals surface area contributed by atoms with Crippen LogP contribution >= 0.6 is 0 Å². The summed E-state index contributed by atoms with van der Waals surface area (Å²) >= 11 is 0. The zero-order valence-electron chi connectivity index (χ0n) is 19.3. The van der Waals surface area contributed by atoms with Crippen LogP contribution in [0.15, 0.2) is 60.8 Å². The number of alkyl halides is 3. The van der Waals surface area contributed by atoms with E-state index in [9.17, 15) is 18.0 Å². The molecule has 35 heavy (non-hydrogen) atoms. The lowest BCUT2D eigenvalue weighted by Gasteiger charge is -2.18. The number of carbonyl (C=O) groups excluding carboxylic acids is 1. The molecule has 182 valence electrons. The molecule has 0 fully saturated rings. The van der Waals surface area contributed by atoms with Gasteiger partial charge in [0.15, 0.2) is 5.65 Å². The number of H-pyrrole nitrogens is 1. The van der Waals surface area contributed by atoms with E-state index >= 15 is 0 Å². The number of aromatic nitrogens is 3. The van der Waals surface area contributed by atoms with E-state index in [1.54, 1.807) is 24.3 Å². The molecule has 0 radical (unpaired) electrons. The molecule has 0 saturated heterocycles. The minimum Gasteiger partial charge on any atom is -0.308 e. The van der Waals surface area contributed by atoms with Crippen LogP contribution < -0.4 is 10.6 Å². The third-order valence-electron chi connectivity index (χ3n) is 5.68. The molecule has 4 rings (SSSR count). The predicted molar refractivity (Wildman–Crippen MR) is 130 cm³/mol. The molecular weight excluding hydrogens is 457 g/mol. The van der Waals surface area contributed by atoms with Crippen molar-refractivity contribution in [2.45, 2.75) is 26.6 Å². The molecular formula is C25H25F3N6O. The summed E-state index contributed by atoms with van der Waals surface area (Å²) in [5, 5.41) is 11.2. The number of pyridine rings is 1. The second-order valence-electron chi connectivity index (χ2n) is 7.97. The van der Waals surface area contributed by atoms with Crippen molar-refractivity contribution < 1.29 is 18.0 Å². The molecule has 3 N–H and O–H groups in total. The number of halogens is 3. The molecule has 2 aromatic carbocycles. The zero-order valence-corrected chi connectivity index (χ0v) is 19.3. The number of urea groups is 1. The van der Waals surface area contributed by atoms with E-state index < -0.39 is 17.9 Å². The van der Waals surface area contributed by atoms with Crippen LogP contribution in [0.4, 0.5) is 29.3 Å². The smallest absolute Gasteiger partial charge is 0.308 e. The van der Waals surface area contributed by atoms with Crippen LogP contribution in [0.5, 0.6) is 0 Å². The Bertz CT molecular complexity index is 1310. The fourth-order valence-electron chi connectivity index (χ4n) is 3.87. The van der Waals surface area contributed by atoms with Crippen molar-refractivity contribution >= 4 is 28.4 Å². The number of anilines is 2. The zero-order chi connectivity index (χ0) is 25.0. The highest BCUT2D eigenvalue weighted by Crippen LogP contribution is 2.37. The van der Waals surface area contributed by atoms with E-state index in [4.69, 9.17) is 0 Å². The first-order valence-corrected chi connectivity index (χ1v) is 11.2. The number of hydrogen-bond donors (Lipinski definition) is 3. The summed E-state index contributed by atoms with van der Waals surface area (Å²) < 4.78 is 40.2. The fraction of sp³-hybridized carbons (Fsp3) is 0.240. The van der Waals surface area contributed by atoms with Gasteiger partial charge in [-0.25, -0.2) is 9.78 Å². The Morgan fingerprint density at radius 2 is 1.71 bits per heavy atom. The Balaban J connectivity index is 1.47. The van der Waals surface area contributed by atoms with Gasteiger partial charge in [-0.05, 0) is 60.1 Å². The van der Waals surface area contributed by atoms with Gasteiger partial charge < -0.3 is 10.6 Å². The lowest BCUT2D eigenvalue weighted by Crippen LogP contribution is -2.22. The maximum absolute atomic E-state index is 13.4. The average Bonchev–Trinajstić information content (AvgIpc) is 3.28. The van der Waals surface area contributed by atoms with Crippen molar-refractivity contribution in [2.75, 3.05) is 23.7 Å². The van der Waals surface area contributed by atoms with E-state index in [0.29, 0.717) is 22.5 Å². The van der Waals surface area contributed by atoms with Gasteiger partial charge >= 0.3 is 12.2 Å². The Kier molecular flexibility index (Phi) is 7.02. The highest BCUT2D eigenvalue weighted by molar-refractivity contribution is 6.00. The van der Waals surface area contributed by atoms with Gasteiger partial charge in [0.05, 0.1) is 5.39 Å². The number of amides is 2. The van der Waals surface area contributed by atoms with Crippen LogP contribution in [0.25, 0.3) is 22.2 Å². The van der Waals surface area contributed by atoms with Crippen molar-refractivity contribution in [3.05, 3.63) is 72.1 Å². The van der Waals surface area contributed by atoms with Crippen LogP contribution in [0.3, 0.4) is 0 Å². The third-order valence-corrected chi connectivity index (χ3v) is 5.68. The number of nitrogens with one attached hydrogen (secondary N) is 3.